The van der Waals surface area contributed by atoms with Gasteiger partial charge in [0.15, 0.2) is 0 Å². The van der Waals surface area contributed by atoms with Crippen LogP contribution in [0.4, 0.5) is 9.18 Å². The topological polar surface area (TPSA) is 50.2 Å². The van der Waals surface area contributed by atoms with E-state index in [-0.39, 0.29) is 17.9 Å². The number of urea groups is 1. The van der Waals surface area contributed by atoms with E-state index < -0.39 is 0 Å². The average Bonchev–Trinajstić information content (AvgIpc) is 3.13. The summed E-state index contributed by atoms with van der Waals surface area (Å²) in [6, 6.07) is 8.33. The van der Waals surface area contributed by atoms with E-state index in [0.29, 0.717) is 6.54 Å². The number of carbonyl (C=O) groups is 1. The highest BCUT2D eigenvalue weighted by atomic mass is 19.1. The second kappa shape index (κ2) is 7.95. The van der Waals surface area contributed by atoms with Gasteiger partial charge in [0.1, 0.15) is 5.82 Å². The molecular weight excluding hydrogens is 307 g/mol. The first-order valence-corrected chi connectivity index (χ1v) is 8.49. The molecule has 5 nitrogen and oxygen atoms in total. The third kappa shape index (κ3) is 4.34. The van der Waals surface area contributed by atoms with Gasteiger partial charge in [-0.1, -0.05) is 12.1 Å². The number of nitrogens with zero attached hydrogens (tertiary/aromatic N) is 3. The molecule has 0 saturated carbocycles. The van der Waals surface area contributed by atoms with Crippen LogP contribution in [0.3, 0.4) is 0 Å². The maximum Gasteiger partial charge on any atom is 0.317 e. The molecule has 1 fully saturated rings. The molecule has 1 aliphatic rings. The molecule has 3 rings (SSSR count). The molecule has 0 unspecified atom stereocenters. The minimum absolute atomic E-state index is 0.0375. The Morgan fingerprint density at radius 2 is 2.12 bits per heavy atom. The molecule has 2 heterocycles. The highest BCUT2D eigenvalue weighted by Gasteiger charge is 2.26. The largest absolute Gasteiger partial charge is 0.334 e. The van der Waals surface area contributed by atoms with Crippen LogP contribution < -0.4 is 5.32 Å². The normalized spacial score (nSPS) is 17.7. The number of aryl methyl sites for hydroxylation is 1. The molecule has 1 N–H and O–H groups in total. The SMILES string of the molecule is O=C(NCc1ccc(F)cc1)N1CCCC[C@H]1CCn1cccn1. The molecule has 0 radical (unpaired) electrons. The predicted molar refractivity (Wildman–Crippen MR) is 89.8 cm³/mol. The molecular formula is C18H23FN4O. The van der Waals surface area contributed by atoms with E-state index in [9.17, 15) is 9.18 Å². The Bertz CT molecular complexity index is 642. The van der Waals surface area contributed by atoms with Gasteiger partial charge in [-0.05, 0) is 49.4 Å². The molecule has 0 bridgehead atoms. The van der Waals surface area contributed by atoms with Crippen molar-refractivity contribution in [3.63, 3.8) is 0 Å². The summed E-state index contributed by atoms with van der Waals surface area (Å²) in [5.41, 5.74) is 0.898. The third-order valence-electron chi connectivity index (χ3n) is 4.50. The van der Waals surface area contributed by atoms with Crippen LogP contribution in [-0.4, -0.2) is 33.3 Å². The summed E-state index contributed by atoms with van der Waals surface area (Å²) in [5.74, 6) is -0.264. The molecule has 24 heavy (non-hydrogen) atoms. The van der Waals surface area contributed by atoms with Gasteiger partial charge in [-0.2, -0.15) is 5.10 Å². The van der Waals surface area contributed by atoms with Crippen LogP contribution in [0, 0.1) is 5.82 Å². The summed E-state index contributed by atoms with van der Waals surface area (Å²) in [4.78, 5) is 14.5. The molecule has 1 aromatic carbocycles. The summed E-state index contributed by atoms with van der Waals surface area (Å²) in [7, 11) is 0. The molecule has 2 amide bonds. The van der Waals surface area contributed by atoms with E-state index in [1.807, 2.05) is 21.8 Å². The lowest BCUT2D eigenvalue weighted by Crippen LogP contribution is -2.48. The lowest BCUT2D eigenvalue weighted by molar-refractivity contribution is 0.143. The summed E-state index contributed by atoms with van der Waals surface area (Å²) < 4.78 is 14.8. The fraction of sp³-hybridized carbons (Fsp3) is 0.444. The van der Waals surface area contributed by atoms with E-state index in [2.05, 4.69) is 10.4 Å². The zero-order valence-corrected chi connectivity index (χ0v) is 13.7. The Balaban J connectivity index is 1.53. The van der Waals surface area contributed by atoms with Crippen LogP contribution >= 0.6 is 0 Å². The van der Waals surface area contributed by atoms with Gasteiger partial charge in [0.25, 0.3) is 0 Å². The van der Waals surface area contributed by atoms with Crippen molar-refractivity contribution in [2.24, 2.45) is 0 Å². The molecule has 128 valence electrons. The quantitative estimate of drug-likeness (QED) is 0.915. The number of hydrogen-bond acceptors (Lipinski definition) is 2. The molecule has 0 spiro atoms. The molecule has 2 aromatic rings. The van der Waals surface area contributed by atoms with Gasteiger partial charge in [-0.25, -0.2) is 9.18 Å². The van der Waals surface area contributed by atoms with Crippen LogP contribution in [0.15, 0.2) is 42.7 Å². The molecule has 1 saturated heterocycles. The smallest absolute Gasteiger partial charge is 0.317 e. The van der Waals surface area contributed by atoms with Gasteiger partial charge in [-0.3, -0.25) is 4.68 Å². The summed E-state index contributed by atoms with van der Waals surface area (Å²) >= 11 is 0. The van der Waals surface area contributed by atoms with E-state index in [1.165, 1.54) is 12.1 Å². The van der Waals surface area contributed by atoms with Crippen molar-refractivity contribution in [2.75, 3.05) is 6.54 Å². The Labute approximate surface area is 141 Å². The number of carbonyl (C=O) groups excluding carboxylic acids is 1. The van der Waals surface area contributed by atoms with Gasteiger partial charge in [0.05, 0.1) is 0 Å². The van der Waals surface area contributed by atoms with Crippen LogP contribution in [0.2, 0.25) is 0 Å². The lowest BCUT2D eigenvalue weighted by Gasteiger charge is -2.35. The number of aromatic nitrogens is 2. The number of halogens is 1. The average molecular weight is 330 g/mol. The third-order valence-corrected chi connectivity index (χ3v) is 4.50. The summed E-state index contributed by atoms with van der Waals surface area (Å²) in [6.07, 6.45) is 7.86. The van der Waals surface area contributed by atoms with E-state index in [4.69, 9.17) is 0 Å². The van der Waals surface area contributed by atoms with Crippen molar-refractivity contribution >= 4 is 6.03 Å². The first-order chi connectivity index (χ1) is 11.7. The van der Waals surface area contributed by atoms with Crippen molar-refractivity contribution in [2.45, 2.75) is 44.8 Å². The fourth-order valence-electron chi connectivity index (χ4n) is 3.16. The summed E-state index contributed by atoms with van der Waals surface area (Å²) in [6.45, 7) is 2.03. The van der Waals surface area contributed by atoms with Crippen LogP contribution in [0.25, 0.3) is 0 Å². The van der Waals surface area contributed by atoms with Crippen LogP contribution in [0.5, 0.6) is 0 Å². The molecule has 1 aliphatic heterocycles. The number of nitrogens with one attached hydrogen (secondary N) is 1. The number of hydrogen-bond donors (Lipinski definition) is 1. The van der Waals surface area contributed by atoms with Gasteiger partial charge in [0, 0.05) is 38.1 Å². The molecule has 6 heteroatoms. The number of piperidine rings is 1. The minimum atomic E-state index is -0.264. The fourth-order valence-corrected chi connectivity index (χ4v) is 3.16. The first-order valence-electron chi connectivity index (χ1n) is 8.49. The van der Waals surface area contributed by atoms with Gasteiger partial charge in [0.2, 0.25) is 0 Å². The Morgan fingerprint density at radius 1 is 1.29 bits per heavy atom. The minimum Gasteiger partial charge on any atom is -0.334 e. The molecule has 0 aliphatic carbocycles. The van der Waals surface area contributed by atoms with E-state index >= 15 is 0 Å². The van der Waals surface area contributed by atoms with E-state index in [1.54, 1.807) is 18.3 Å². The standard InChI is InChI=1S/C18H23FN4O/c19-16-7-5-15(6-8-16)14-20-18(24)23-12-2-1-4-17(23)9-13-22-11-3-10-21-22/h3,5-8,10-11,17H,1-2,4,9,12-14H2,(H,20,24)/t17-/m0/s1. The van der Waals surface area contributed by atoms with Crippen molar-refractivity contribution in [1.82, 2.24) is 20.0 Å². The highest BCUT2D eigenvalue weighted by Crippen LogP contribution is 2.20. The van der Waals surface area contributed by atoms with Crippen LogP contribution in [0.1, 0.15) is 31.2 Å². The van der Waals surface area contributed by atoms with Crippen molar-refractivity contribution in [1.29, 1.82) is 0 Å². The van der Waals surface area contributed by atoms with Crippen LogP contribution in [-0.2, 0) is 13.1 Å². The zero-order valence-electron chi connectivity index (χ0n) is 13.7. The highest BCUT2D eigenvalue weighted by molar-refractivity contribution is 5.74. The second-order valence-corrected chi connectivity index (χ2v) is 6.19. The van der Waals surface area contributed by atoms with Crippen molar-refractivity contribution in [3.05, 3.63) is 54.1 Å². The monoisotopic (exact) mass is 330 g/mol. The Morgan fingerprint density at radius 3 is 2.88 bits per heavy atom. The number of likely N-dealkylation sites (tertiary alicyclic amines) is 1. The Kier molecular flexibility index (Phi) is 5.46. The van der Waals surface area contributed by atoms with Gasteiger partial charge >= 0.3 is 6.03 Å². The second-order valence-electron chi connectivity index (χ2n) is 6.19. The maximum atomic E-state index is 12.9. The number of amides is 2. The van der Waals surface area contributed by atoms with Crippen molar-refractivity contribution in [3.8, 4) is 0 Å². The summed E-state index contributed by atoms with van der Waals surface area (Å²) in [5, 5.41) is 7.17. The molecule has 1 aromatic heterocycles. The lowest BCUT2D eigenvalue weighted by atomic mass is 10.00. The Hall–Kier alpha value is -2.37. The molecule has 1 atom stereocenters. The number of rotatable bonds is 5. The number of benzene rings is 1. The van der Waals surface area contributed by atoms with Gasteiger partial charge in [-0.15, -0.1) is 0 Å². The maximum absolute atomic E-state index is 12.9. The van der Waals surface area contributed by atoms with Crippen molar-refractivity contribution < 1.29 is 9.18 Å². The first kappa shape index (κ1) is 16.5. The van der Waals surface area contributed by atoms with Gasteiger partial charge < -0.3 is 10.2 Å². The van der Waals surface area contributed by atoms with E-state index in [0.717, 1.165) is 44.3 Å². The predicted octanol–water partition coefficient (Wildman–Crippen LogP) is 3.18. The zero-order chi connectivity index (χ0) is 16.8.